The average Bonchev–Trinajstić information content (AvgIpc) is 3.24. The molecule has 3 rings (SSSR count). The van der Waals surface area contributed by atoms with Gasteiger partial charge in [0.15, 0.2) is 5.69 Å². The number of aryl methyl sites for hydroxylation is 1. The van der Waals surface area contributed by atoms with Gasteiger partial charge in [0, 0.05) is 17.5 Å². The molecule has 1 unspecified atom stereocenters. The van der Waals surface area contributed by atoms with E-state index in [4.69, 9.17) is 9.78 Å². The van der Waals surface area contributed by atoms with E-state index in [2.05, 4.69) is 10.5 Å². The Kier molecular flexibility index (Phi) is 4.53. The Hall–Kier alpha value is -2.79. The second kappa shape index (κ2) is 6.76. The van der Waals surface area contributed by atoms with Crippen LogP contribution in [0.1, 0.15) is 21.8 Å². The van der Waals surface area contributed by atoms with Gasteiger partial charge in [0.25, 0.3) is 5.91 Å². The highest BCUT2D eigenvalue weighted by molar-refractivity contribution is 7.99. The van der Waals surface area contributed by atoms with Crippen molar-refractivity contribution >= 4 is 29.3 Å². The number of amides is 2. The summed E-state index contributed by atoms with van der Waals surface area (Å²) in [6.07, 6.45) is 0. The van der Waals surface area contributed by atoms with Gasteiger partial charge in [0.1, 0.15) is 11.8 Å². The summed E-state index contributed by atoms with van der Waals surface area (Å²) in [5.74, 6) is 0.903. The molecule has 1 N–H and O–H groups in total. The molecule has 8 heteroatoms. The van der Waals surface area contributed by atoms with Gasteiger partial charge in [0.05, 0.1) is 17.5 Å². The van der Waals surface area contributed by atoms with Crippen LogP contribution < -0.4 is 5.32 Å². The molecule has 1 aromatic heterocycles. The summed E-state index contributed by atoms with van der Waals surface area (Å²) in [6.45, 7) is 1.71. The SMILES string of the molecule is Cc1cc(C(=O)N2CSCC2C(=O)Nc2ccc(C#N)cc2)no1. The van der Waals surface area contributed by atoms with E-state index in [1.54, 1.807) is 37.3 Å². The van der Waals surface area contributed by atoms with Crippen molar-refractivity contribution in [2.24, 2.45) is 0 Å². The average molecular weight is 342 g/mol. The Morgan fingerprint density at radius 3 is 2.79 bits per heavy atom. The van der Waals surface area contributed by atoms with Gasteiger partial charge in [-0.15, -0.1) is 11.8 Å². The first-order valence-electron chi connectivity index (χ1n) is 7.21. The number of carbonyl (C=O) groups is 2. The van der Waals surface area contributed by atoms with Gasteiger partial charge in [-0.2, -0.15) is 5.26 Å². The van der Waals surface area contributed by atoms with Gasteiger partial charge >= 0.3 is 0 Å². The minimum atomic E-state index is -0.574. The number of thioether (sulfide) groups is 1. The molecule has 2 amide bonds. The van der Waals surface area contributed by atoms with Crippen LogP contribution in [0.5, 0.6) is 0 Å². The molecule has 0 saturated carbocycles. The molecule has 1 saturated heterocycles. The molecule has 2 aromatic rings. The highest BCUT2D eigenvalue weighted by Crippen LogP contribution is 2.24. The van der Waals surface area contributed by atoms with Crippen LogP contribution in [0.3, 0.4) is 0 Å². The third kappa shape index (κ3) is 3.26. The number of rotatable bonds is 3. The minimum absolute atomic E-state index is 0.200. The van der Waals surface area contributed by atoms with Crippen LogP contribution in [0.25, 0.3) is 0 Å². The number of nitriles is 1. The lowest BCUT2D eigenvalue weighted by Gasteiger charge is -2.22. The Labute approximate surface area is 142 Å². The normalized spacial score (nSPS) is 16.7. The van der Waals surface area contributed by atoms with Gasteiger partial charge in [-0.3, -0.25) is 9.59 Å². The second-order valence-electron chi connectivity index (χ2n) is 5.29. The van der Waals surface area contributed by atoms with E-state index in [0.717, 1.165) is 0 Å². The highest BCUT2D eigenvalue weighted by atomic mass is 32.2. The number of nitrogens with zero attached hydrogens (tertiary/aromatic N) is 3. The van der Waals surface area contributed by atoms with Crippen LogP contribution in [0.4, 0.5) is 5.69 Å². The molecule has 1 atom stereocenters. The summed E-state index contributed by atoms with van der Waals surface area (Å²) >= 11 is 1.51. The maximum absolute atomic E-state index is 12.5. The van der Waals surface area contributed by atoms with Crippen molar-refractivity contribution in [3.63, 3.8) is 0 Å². The van der Waals surface area contributed by atoms with Crippen molar-refractivity contribution in [1.29, 1.82) is 5.26 Å². The molecule has 7 nitrogen and oxygen atoms in total. The van der Waals surface area contributed by atoms with Crippen LogP contribution in [0, 0.1) is 18.3 Å². The molecule has 0 radical (unpaired) electrons. The fourth-order valence-electron chi connectivity index (χ4n) is 2.33. The highest BCUT2D eigenvalue weighted by Gasteiger charge is 2.36. The zero-order valence-corrected chi connectivity index (χ0v) is 13.7. The van der Waals surface area contributed by atoms with E-state index in [0.29, 0.717) is 28.6 Å². The quantitative estimate of drug-likeness (QED) is 0.916. The number of benzene rings is 1. The van der Waals surface area contributed by atoms with Gasteiger partial charge in [-0.25, -0.2) is 0 Å². The summed E-state index contributed by atoms with van der Waals surface area (Å²) in [4.78, 5) is 26.5. The molecule has 1 aliphatic rings. The van der Waals surface area contributed by atoms with Crippen LogP contribution in [-0.4, -0.2) is 39.5 Å². The third-order valence-corrected chi connectivity index (χ3v) is 4.59. The largest absolute Gasteiger partial charge is 0.361 e. The molecular weight excluding hydrogens is 328 g/mol. The lowest BCUT2D eigenvalue weighted by Crippen LogP contribution is -2.44. The van der Waals surface area contributed by atoms with E-state index < -0.39 is 6.04 Å². The van der Waals surface area contributed by atoms with E-state index in [1.165, 1.54) is 16.7 Å². The molecule has 0 spiro atoms. The Bertz CT molecular complexity index is 809. The van der Waals surface area contributed by atoms with E-state index >= 15 is 0 Å². The van der Waals surface area contributed by atoms with E-state index in [-0.39, 0.29) is 17.5 Å². The number of anilines is 1. The topological polar surface area (TPSA) is 99.2 Å². The molecule has 0 bridgehead atoms. The molecule has 0 aliphatic carbocycles. The van der Waals surface area contributed by atoms with Gasteiger partial charge in [0.2, 0.25) is 5.91 Å². The van der Waals surface area contributed by atoms with E-state index in [9.17, 15) is 9.59 Å². The molecule has 1 aromatic carbocycles. The maximum Gasteiger partial charge on any atom is 0.277 e. The standard InChI is InChI=1S/C16H14N4O3S/c1-10-6-13(19-23-10)16(22)20-9-24-8-14(20)15(21)18-12-4-2-11(7-17)3-5-12/h2-6,14H,8-9H2,1H3,(H,18,21). The lowest BCUT2D eigenvalue weighted by molar-refractivity contribution is -0.119. The zero-order chi connectivity index (χ0) is 17.1. The van der Waals surface area contributed by atoms with Gasteiger partial charge in [-0.1, -0.05) is 5.16 Å². The maximum atomic E-state index is 12.5. The first kappa shape index (κ1) is 16.1. The summed E-state index contributed by atoms with van der Waals surface area (Å²) < 4.78 is 4.93. The van der Waals surface area contributed by atoms with Crippen molar-refractivity contribution < 1.29 is 14.1 Å². The number of carbonyl (C=O) groups excluding carboxylic acids is 2. The van der Waals surface area contributed by atoms with Crippen LogP contribution in [-0.2, 0) is 4.79 Å². The fraction of sp³-hybridized carbons (Fsp3) is 0.250. The summed E-state index contributed by atoms with van der Waals surface area (Å²) in [5, 5.41) is 15.3. The van der Waals surface area contributed by atoms with Crippen LogP contribution >= 0.6 is 11.8 Å². The summed E-state index contributed by atoms with van der Waals surface area (Å²) in [6, 6.07) is 9.57. The van der Waals surface area contributed by atoms with Crippen LogP contribution in [0.15, 0.2) is 34.9 Å². The fourth-order valence-corrected chi connectivity index (χ4v) is 3.48. The molecule has 1 aliphatic heterocycles. The van der Waals surface area contributed by atoms with E-state index in [1.807, 2.05) is 6.07 Å². The Balaban J connectivity index is 1.71. The predicted molar refractivity (Wildman–Crippen MR) is 88.3 cm³/mol. The predicted octanol–water partition coefficient (Wildman–Crippen LogP) is 2.01. The van der Waals surface area contributed by atoms with Crippen molar-refractivity contribution in [2.75, 3.05) is 16.9 Å². The smallest absolute Gasteiger partial charge is 0.277 e. The molecule has 122 valence electrons. The number of hydrogen-bond acceptors (Lipinski definition) is 6. The van der Waals surface area contributed by atoms with Gasteiger partial charge < -0.3 is 14.7 Å². The first-order chi connectivity index (χ1) is 11.6. The summed E-state index contributed by atoms with van der Waals surface area (Å²) in [5.41, 5.74) is 1.30. The van der Waals surface area contributed by atoms with Crippen molar-refractivity contribution in [3.05, 3.63) is 47.3 Å². The lowest BCUT2D eigenvalue weighted by atomic mass is 10.2. The third-order valence-electron chi connectivity index (χ3n) is 3.57. The number of nitrogens with one attached hydrogen (secondary N) is 1. The Morgan fingerprint density at radius 2 is 2.17 bits per heavy atom. The van der Waals surface area contributed by atoms with Crippen molar-refractivity contribution in [1.82, 2.24) is 10.1 Å². The number of aromatic nitrogens is 1. The zero-order valence-electron chi connectivity index (χ0n) is 12.9. The molecule has 1 fully saturated rings. The first-order valence-corrected chi connectivity index (χ1v) is 8.37. The molecule has 24 heavy (non-hydrogen) atoms. The van der Waals surface area contributed by atoms with Crippen molar-refractivity contribution in [3.8, 4) is 6.07 Å². The second-order valence-corrected chi connectivity index (χ2v) is 6.29. The number of hydrogen-bond donors (Lipinski definition) is 1. The minimum Gasteiger partial charge on any atom is -0.361 e. The summed E-state index contributed by atoms with van der Waals surface area (Å²) in [7, 11) is 0. The van der Waals surface area contributed by atoms with Crippen LogP contribution in [0.2, 0.25) is 0 Å². The van der Waals surface area contributed by atoms with Gasteiger partial charge in [-0.05, 0) is 31.2 Å². The Morgan fingerprint density at radius 1 is 1.42 bits per heavy atom. The van der Waals surface area contributed by atoms with Crippen molar-refractivity contribution in [2.45, 2.75) is 13.0 Å². The molecular formula is C16H14N4O3S. The monoisotopic (exact) mass is 342 g/mol. The molecule has 2 heterocycles.